The van der Waals surface area contributed by atoms with Crippen molar-refractivity contribution in [2.24, 2.45) is 5.92 Å². The molecule has 0 spiro atoms. The predicted octanol–water partition coefficient (Wildman–Crippen LogP) is 1.08. The molecule has 1 unspecified atom stereocenters. The Morgan fingerprint density at radius 1 is 1.42 bits per heavy atom. The van der Waals surface area contributed by atoms with Crippen molar-refractivity contribution >= 4 is 17.5 Å². The lowest BCUT2D eigenvalue weighted by molar-refractivity contribution is -0.126. The molecular formula is C18H23N3O3. The lowest BCUT2D eigenvalue weighted by Crippen LogP contribution is -2.35. The van der Waals surface area contributed by atoms with Gasteiger partial charge in [0.15, 0.2) is 0 Å². The van der Waals surface area contributed by atoms with Crippen LogP contribution in [0, 0.1) is 5.92 Å². The van der Waals surface area contributed by atoms with Crippen LogP contribution in [0.2, 0.25) is 0 Å². The molecule has 1 aromatic carbocycles. The van der Waals surface area contributed by atoms with Gasteiger partial charge in [-0.15, -0.1) is 0 Å². The number of benzene rings is 1. The van der Waals surface area contributed by atoms with E-state index in [2.05, 4.69) is 16.7 Å². The van der Waals surface area contributed by atoms with Crippen molar-refractivity contribution in [2.45, 2.75) is 12.8 Å². The van der Waals surface area contributed by atoms with Crippen LogP contribution in [0.15, 0.2) is 35.9 Å². The van der Waals surface area contributed by atoms with Crippen LogP contribution in [-0.2, 0) is 9.59 Å². The molecule has 2 aliphatic rings. The summed E-state index contributed by atoms with van der Waals surface area (Å²) in [5, 5.41) is 6.22. The minimum absolute atomic E-state index is 0.0410. The molecule has 128 valence electrons. The lowest BCUT2D eigenvalue weighted by atomic mass is 10.1. The van der Waals surface area contributed by atoms with Gasteiger partial charge in [-0.3, -0.25) is 9.59 Å². The number of anilines is 1. The third-order valence-corrected chi connectivity index (χ3v) is 4.52. The summed E-state index contributed by atoms with van der Waals surface area (Å²) in [4.78, 5) is 26.4. The van der Waals surface area contributed by atoms with Crippen LogP contribution in [0.4, 0.5) is 5.69 Å². The quantitative estimate of drug-likeness (QED) is 0.793. The fourth-order valence-electron chi connectivity index (χ4n) is 3.14. The SMILES string of the molecule is COc1ccccc1N1CC(C(=O)NCC2=CCNCC2)CC1=O. The van der Waals surface area contributed by atoms with E-state index in [9.17, 15) is 9.59 Å². The van der Waals surface area contributed by atoms with Crippen LogP contribution in [-0.4, -0.2) is 45.1 Å². The fourth-order valence-corrected chi connectivity index (χ4v) is 3.14. The van der Waals surface area contributed by atoms with Gasteiger partial charge in [-0.2, -0.15) is 0 Å². The molecule has 3 rings (SSSR count). The van der Waals surface area contributed by atoms with Crippen LogP contribution in [0.25, 0.3) is 0 Å². The Bertz CT molecular complexity index is 657. The van der Waals surface area contributed by atoms with E-state index in [1.807, 2.05) is 24.3 Å². The fraction of sp³-hybridized carbons (Fsp3) is 0.444. The standard InChI is InChI=1S/C18H23N3O3/c1-24-16-5-3-2-4-15(16)21-12-14(10-17(21)22)18(23)20-11-13-6-8-19-9-7-13/h2-6,14,19H,7-12H2,1H3,(H,20,23). The maximum absolute atomic E-state index is 12.4. The summed E-state index contributed by atoms with van der Waals surface area (Å²) >= 11 is 0. The van der Waals surface area contributed by atoms with Gasteiger partial charge in [0, 0.05) is 26.1 Å². The highest BCUT2D eigenvalue weighted by Crippen LogP contribution is 2.32. The van der Waals surface area contributed by atoms with Crippen molar-refractivity contribution in [3.05, 3.63) is 35.9 Å². The van der Waals surface area contributed by atoms with Crippen molar-refractivity contribution in [3.8, 4) is 5.75 Å². The van der Waals surface area contributed by atoms with Gasteiger partial charge in [0.2, 0.25) is 11.8 Å². The number of nitrogens with one attached hydrogen (secondary N) is 2. The number of carbonyl (C=O) groups excluding carboxylic acids is 2. The largest absolute Gasteiger partial charge is 0.495 e. The van der Waals surface area contributed by atoms with Crippen molar-refractivity contribution in [1.29, 1.82) is 0 Å². The van der Waals surface area contributed by atoms with Gasteiger partial charge >= 0.3 is 0 Å². The number of carbonyl (C=O) groups is 2. The Kier molecular flexibility index (Phi) is 5.15. The van der Waals surface area contributed by atoms with Crippen LogP contribution < -0.4 is 20.3 Å². The van der Waals surface area contributed by atoms with Crippen molar-refractivity contribution in [1.82, 2.24) is 10.6 Å². The molecule has 1 saturated heterocycles. The van der Waals surface area contributed by atoms with E-state index in [1.54, 1.807) is 12.0 Å². The summed E-state index contributed by atoms with van der Waals surface area (Å²) in [5.74, 6) is 0.234. The third kappa shape index (κ3) is 3.59. The number of ether oxygens (including phenoxy) is 1. The zero-order valence-corrected chi connectivity index (χ0v) is 13.9. The number of amides is 2. The number of para-hydroxylation sites is 2. The topological polar surface area (TPSA) is 70.7 Å². The number of nitrogens with zero attached hydrogens (tertiary/aromatic N) is 1. The molecule has 2 N–H and O–H groups in total. The van der Waals surface area contributed by atoms with Gasteiger partial charge in [0.05, 0.1) is 18.7 Å². The van der Waals surface area contributed by atoms with E-state index >= 15 is 0 Å². The molecule has 2 aliphatic heterocycles. The van der Waals surface area contributed by atoms with E-state index in [1.165, 1.54) is 5.57 Å². The van der Waals surface area contributed by atoms with Crippen LogP contribution in [0.5, 0.6) is 5.75 Å². The minimum atomic E-state index is -0.315. The molecule has 24 heavy (non-hydrogen) atoms. The van der Waals surface area contributed by atoms with Gasteiger partial charge in [-0.25, -0.2) is 0 Å². The number of methoxy groups -OCH3 is 1. The van der Waals surface area contributed by atoms with Gasteiger partial charge in [0.25, 0.3) is 0 Å². The van der Waals surface area contributed by atoms with Gasteiger partial charge in [-0.05, 0) is 25.1 Å². The van der Waals surface area contributed by atoms with E-state index in [4.69, 9.17) is 4.74 Å². The molecule has 0 radical (unpaired) electrons. The smallest absolute Gasteiger partial charge is 0.227 e. The molecule has 1 fully saturated rings. The second-order valence-electron chi connectivity index (χ2n) is 6.11. The van der Waals surface area contributed by atoms with Crippen LogP contribution in [0.1, 0.15) is 12.8 Å². The average molecular weight is 329 g/mol. The van der Waals surface area contributed by atoms with E-state index in [0.29, 0.717) is 18.8 Å². The number of hydrogen-bond donors (Lipinski definition) is 2. The summed E-state index contributed by atoms with van der Waals surface area (Å²) < 4.78 is 5.32. The highest BCUT2D eigenvalue weighted by Gasteiger charge is 2.36. The first kappa shape index (κ1) is 16.5. The first-order chi connectivity index (χ1) is 11.7. The first-order valence-corrected chi connectivity index (χ1v) is 8.28. The molecule has 2 heterocycles. The van der Waals surface area contributed by atoms with Gasteiger partial charge in [0.1, 0.15) is 5.75 Å². The normalized spacial score (nSPS) is 20.7. The first-order valence-electron chi connectivity index (χ1n) is 8.28. The van der Waals surface area contributed by atoms with Crippen molar-refractivity contribution in [2.75, 3.05) is 38.2 Å². The Morgan fingerprint density at radius 2 is 2.25 bits per heavy atom. The second-order valence-corrected chi connectivity index (χ2v) is 6.11. The zero-order chi connectivity index (χ0) is 16.9. The third-order valence-electron chi connectivity index (χ3n) is 4.52. The average Bonchev–Trinajstić information content (AvgIpc) is 3.02. The number of hydrogen-bond acceptors (Lipinski definition) is 4. The molecule has 6 nitrogen and oxygen atoms in total. The van der Waals surface area contributed by atoms with Gasteiger partial charge in [-0.1, -0.05) is 23.8 Å². The maximum Gasteiger partial charge on any atom is 0.227 e. The number of rotatable bonds is 5. The summed E-state index contributed by atoms with van der Waals surface area (Å²) in [5.41, 5.74) is 1.97. The van der Waals surface area contributed by atoms with E-state index in [0.717, 1.165) is 25.2 Å². The van der Waals surface area contributed by atoms with Crippen molar-refractivity contribution in [3.63, 3.8) is 0 Å². The summed E-state index contributed by atoms with van der Waals surface area (Å²) in [6.45, 7) is 2.77. The molecule has 2 amide bonds. The predicted molar refractivity (Wildman–Crippen MR) is 92.0 cm³/mol. The minimum Gasteiger partial charge on any atom is -0.495 e. The monoisotopic (exact) mass is 329 g/mol. The molecule has 0 saturated carbocycles. The molecule has 6 heteroatoms. The molecular weight excluding hydrogens is 306 g/mol. The molecule has 0 aliphatic carbocycles. The lowest BCUT2D eigenvalue weighted by Gasteiger charge is -2.19. The Hall–Kier alpha value is -2.34. The van der Waals surface area contributed by atoms with Gasteiger partial charge < -0.3 is 20.3 Å². The summed E-state index contributed by atoms with van der Waals surface area (Å²) in [6, 6.07) is 7.39. The molecule has 1 aromatic rings. The van der Waals surface area contributed by atoms with E-state index in [-0.39, 0.29) is 24.2 Å². The molecule has 0 aromatic heterocycles. The Morgan fingerprint density at radius 3 is 3.00 bits per heavy atom. The van der Waals surface area contributed by atoms with Crippen LogP contribution in [0.3, 0.4) is 0 Å². The highest BCUT2D eigenvalue weighted by molar-refractivity contribution is 6.01. The molecule has 0 bridgehead atoms. The zero-order valence-electron chi connectivity index (χ0n) is 13.9. The second kappa shape index (κ2) is 7.49. The van der Waals surface area contributed by atoms with E-state index < -0.39 is 0 Å². The Labute approximate surface area is 141 Å². The van der Waals surface area contributed by atoms with Crippen molar-refractivity contribution < 1.29 is 14.3 Å². The van der Waals surface area contributed by atoms with Crippen LogP contribution >= 0.6 is 0 Å². The molecule has 1 atom stereocenters. The summed E-state index contributed by atoms with van der Waals surface area (Å²) in [6.07, 6.45) is 3.31. The Balaban J connectivity index is 1.61. The maximum atomic E-state index is 12.4. The summed E-state index contributed by atoms with van der Waals surface area (Å²) in [7, 11) is 1.58. The highest BCUT2D eigenvalue weighted by atomic mass is 16.5.